The monoisotopic (exact) mass is 181 g/mol. The summed E-state index contributed by atoms with van der Waals surface area (Å²) < 4.78 is 0. The molecule has 1 aliphatic rings. The van der Waals surface area contributed by atoms with Crippen molar-refractivity contribution in [3.8, 4) is 0 Å². The molecule has 0 bridgehead atoms. The Labute approximate surface area is 82.6 Å². The molecule has 1 saturated carbocycles. The Morgan fingerprint density at radius 3 is 3.00 bits per heavy atom. The molecule has 0 amide bonds. The Bertz CT molecular complexity index is 151. The molecule has 1 N–H and O–H groups in total. The highest BCUT2D eigenvalue weighted by atomic mass is 14.9. The van der Waals surface area contributed by atoms with Gasteiger partial charge in [-0.05, 0) is 38.6 Å². The number of rotatable bonds is 5. The van der Waals surface area contributed by atoms with E-state index in [9.17, 15) is 0 Å². The highest BCUT2D eigenvalue weighted by Crippen LogP contribution is 2.21. The van der Waals surface area contributed by atoms with Crippen molar-refractivity contribution >= 4 is 0 Å². The van der Waals surface area contributed by atoms with Gasteiger partial charge in [-0.1, -0.05) is 31.9 Å². The molecule has 0 aromatic heterocycles. The van der Waals surface area contributed by atoms with Crippen LogP contribution in [0.4, 0.5) is 0 Å². The van der Waals surface area contributed by atoms with Crippen molar-refractivity contribution in [3.63, 3.8) is 0 Å². The van der Waals surface area contributed by atoms with Crippen LogP contribution in [0.3, 0.4) is 0 Å². The summed E-state index contributed by atoms with van der Waals surface area (Å²) in [5.41, 5.74) is 1.44. The van der Waals surface area contributed by atoms with Crippen molar-refractivity contribution in [1.29, 1.82) is 0 Å². The molecular weight excluding hydrogens is 158 g/mol. The lowest BCUT2D eigenvalue weighted by Gasteiger charge is -2.24. The summed E-state index contributed by atoms with van der Waals surface area (Å²) in [6.07, 6.45) is 9.17. The van der Waals surface area contributed by atoms with Crippen molar-refractivity contribution in [2.45, 2.75) is 57.9 Å². The predicted octanol–water partition coefficient (Wildman–Crippen LogP) is 3.27. The second kappa shape index (κ2) is 6.20. The van der Waals surface area contributed by atoms with Gasteiger partial charge in [0.1, 0.15) is 0 Å². The molecule has 0 heterocycles. The largest absolute Gasteiger partial charge is 0.314 e. The topological polar surface area (TPSA) is 12.0 Å². The van der Waals surface area contributed by atoms with E-state index in [1.807, 2.05) is 0 Å². The molecule has 1 atom stereocenters. The van der Waals surface area contributed by atoms with Gasteiger partial charge >= 0.3 is 0 Å². The average molecular weight is 181 g/mol. The molecule has 1 nitrogen and oxygen atoms in total. The van der Waals surface area contributed by atoms with Crippen LogP contribution in [-0.4, -0.2) is 12.6 Å². The Hall–Kier alpha value is -0.300. The molecule has 76 valence electrons. The minimum absolute atomic E-state index is 0.734. The Kier molecular flexibility index (Phi) is 5.14. The molecule has 1 rings (SSSR count). The minimum Gasteiger partial charge on any atom is -0.314 e. The van der Waals surface area contributed by atoms with Crippen molar-refractivity contribution in [2.24, 2.45) is 0 Å². The standard InChI is InChI=1S/C12H23N/c1-3-4-5-9-13-12-8-6-7-11(2)10-12/h12-13H,2-10H2,1H3. The molecule has 0 saturated heterocycles. The van der Waals surface area contributed by atoms with Gasteiger partial charge in [-0.15, -0.1) is 0 Å². The fourth-order valence-corrected chi connectivity index (χ4v) is 2.01. The zero-order chi connectivity index (χ0) is 9.52. The van der Waals surface area contributed by atoms with Crippen LogP contribution in [0.5, 0.6) is 0 Å². The van der Waals surface area contributed by atoms with Crippen molar-refractivity contribution in [2.75, 3.05) is 6.54 Å². The third-order valence-electron chi connectivity index (χ3n) is 2.83. The van der Waals surface area contributed by atoms with Crippen molar-refractivity contribution < 1.29 is 0 Å². The van der Waals surface area contributed by atoms with Crippen LogP contribution in [0.25, 0.3) is 0 Å². The first-order valence-electron chi connectivity index (χ1n) is 5.73. The first kappa shape index (κ1) is 10.8. The van der Waals surface area contributed by atoms with E-state index in [1.165, 1.54) is 57.1 Å². The van der Waals surface area contributed by atoms with Gasteiger partial charge in [0.15, 0.2) is 0 Å². The molecule has 0 spiro atoms. The van der Waals surface area contributed by atoms with E-state index >= 15 is 0 Å². The van der Waals surface area contributed by atoms with Gasteiger partial charge in [-0.3, -0.25) is 0 Å². The summed E-state index contributed by atoms with van der Waals surface area (Å²) in [7, 11) is 0. The van der Waals surface area contributed by atoms with Crippen LogP contribution >= 0.6 is 0 Å². The first-order chi connectivity index (χ1) is 6.33. The third kappa shape index (κ3) is 4.47. The average Bonchev–Trinajstić information content (AvgIpc) is 2.13. The van der Waals surface area contributed by atoms with Crippen LogP contribution in [0.2, 0.25) is 0 Å². The highest BCUT2D eigenvalue weighted by Gasteiger charge is 2.14. The van der Waals surface area contributed by atoms with Crippen molar-refractivity contribution in [1.82, 2.24) is 5.32 Å². The van der Waals surface area contributed by atoms with E-state index in [0.717, 1.165) is 6.04 Å². The summed E-state index contributed by atoms with van der Waals surface area (Å²) in [5, 5.41) is 3.63. The molecule has 0 aliphatic heterocycles. The van der Waals surface area contributed by atoms with E-state index in [1.54, 1.807) is 0 Å². The molecule has 1 fully saturated rings. The van der Waals surface area contributed by atoms with Crippen LogP contribution < -0.4 is 5.32 Å². The van der Waals surface area contributed by atoms with E-state index in [2.05, 4.69) is 18.8 Å². The van der Waals surface area contributed by atoms with Gasteiger partial charge < -0.3 is 5.32 Å². The lowest BCUT2D eigenvalue weighted by Crippen LogP contribution is -2.32. The fourth-order valence-electron chi connectivity index (χ4n) is 2.01. The maximum atomic E-state index is 4.07. The van der Waals surface area contributed by atoms with Crippen molar-refractivity contribution in [3.05, 3.63) is 12.2 Å². The van der Waals surface area contributed by atoms with E-state index < -0.39 is 0 Å². The van der Waals surface area contributed by atoms with Crippen LogP contribution in [0.15, 0.2) is 12.2 Å². The zero-order valence-corrected chi connectivity index (χ0v) is 8.94. The van der Waals surface area contributed by atoms with Crippen LogP contribution in [0.1, 0.15) is 51.9 Å². The highest BCUT2D eigenvalue weighted by molar-refractivity contribution is 5.01. The minimum atomic E-state index is 0.734. The normalized spacial score (nSPS) is 23.5. The van der Waals surface area contributed by atoms with Crippen LogP contribution in [-0.2, 0) is 0 Å². The fraction of sp³-hybridized carbons (Fsp3) is 0.833. The Morgan fingerprint density at radius 2 is 2.31 bits per heavy atom. The lowest BCUT2D eigenvalue weighted by molar-refractivity contribution is 0.421. The Balaban J connectivity index is 2.03. The maximum absolute atomic E-state index is 4.07. The van der Waals surface area contributed by atoms with E-state index in [4.69, 9.17) is 0 Å². The Morgan fingerprint density at radius 1 is 1.46 bits per heavy atom. The first-order valence-corrected chi connectivity index (χ1v) is 5.73. The molecule has 1 unspecified atom stereocenters. The molecule has 1 aliphatic carbocycles. The van der Waals surface area contributed by atoms with Gasteiger partial charge in [-0.25, -0.2) is 0 Å². The van der Waals surface area contributed by atoms with E-state index in [0.29, 0.717) is 0 Å². The summed E-state index contributed by atoms with van der Waals surface area (Å²) in [5.74, 6) is 0. The maximum Gasteiger partial charge on any atom is 0.0104 e. The smallest absolute Gasteiger partial charge is 0.0104 e. The number of unbranched alkanes of at least 4 members (excludes halogenated alkanes) is 2. The summed E-state index contributed by atoms with van der Waals surface area (Å²) in [6.45, 7) is 7.52. The molecule has 0 radical (unpaired) electrons. The molecule has 0 aromatic carbocycles. The van der Waals surface area contributed by atoms with Gasteiger partial charge in [0.25, 0.3) is 0 Å². The molecular formula is C12H23N. The van der Waals surface area contributed by atoms with E-state index in [-0.39, 0.29) is 0 Å². The lowest BCUT2D eigenvalue weighted by atomic mass is 9.92. The number of hydrogen-bond donors (Lipinski definition) is 1. The molecule has 0 aromatic rings. The predicted molar refractivity (Wildman–Crippen MR) is 58.9 cm³/mol. The number of hydrogen-bond acceptors (Lipinski definition) is 1. The molecule has 1 heteroatoms. The SMILES string of the molecule is C=C1CCCC(NCCCCC)C1. The third-order valence-corrected chi connectivity index (χ3v) is 2.83. The molecule has 13 heavy (non-hydrogen) atoms. The van der Waals surface area contributed by atoms with Gasteiger partial charge in [0, 0.05) is 6.04 Å². The second-order valence-electron chi connectivity index (χ2n) is 4.20. The summed E-state index contributed by atoms with van der Waals surface area (Å²) in [4.78, 5) is 0. The summed E-state index contributed by atoms with van der Waals surface area (Å²) >= 11 is 0. The quantitative estimate of drug-likeness (QED) is 0.507. The second-order valence-corrected chi connectivity index (χ2v) is 4.20. The van der Waals surface area contributed by atoms with Gasteiger partial charge in [-0.2, -0.15) is 0 Å². The number of nitrogens with one attached hydrogen (secondary N) is 1. The van der Waals surface area contributed by atoms with Crippen LogP contribution in [0, 0.1) is 0 Å². The zero-order valence-electron chi connectivity index (χ0n) is 8.94. The summed E-state index contributed by atoms with van der Waals surface area (Å²) in [6, 6.07) is 0.734. The van der Waals surface area contributed by atoms with Gasteiger partial charge in [0.2, 0.25) is 0 Å². The van der Waals surface area contributed by atoms with Gasteiger partial charge in [0.05, 0.1) is 0 Å².